The third-order valence-electron chi connectivity index (χ3n) is 3.26. The summed E-state index contributed by atoms with van der Waals surface area (Å²) in [7, 11) is 0. The van der Waals surface area contributed by atoms with Gasteiger partial charge in [-0.15, -0.1) is 0 Å². The van der Waals surface area contributed by atoms with Crippen molar-refractivity contribution in [2.75, 3.05) is 32.8 Å². The molecule has 106 valence electrons. The summed E-state index contributed by atoms with van der Waals surface area (Å²) in [6.07, 6.45) is -0.219. The van der Waals surface area contributed by atoms with Crippen LogP contribution in [-0.2, 0) is 4.74 Å². The van der Waals surface area contributed by atoms with E-state index < -0.39 is 0 Å². The Hall–Kier alpha value is -1.10. The average Bonchev–Trinajstić information content (AvgIpc) is 2.37. The van der Waals surface area contributed by atoms with Crippen molar-refractivity contribution in [1.29, 1.82) is 0 Å². The Labute approximate surface area is 114 Å². The first-order valence-corrected chi connectivity index (χ1v) is 6.85. The number of morpholine rings is 1. The number of aliphatic hydroxyl groups excluding tert-OH is 1. The lowest BCUT2D eigenvalue weighted by Gasteiger charge is -2.33. The molecule has 0 aromatic heterocycles. The lowest BCUT2D eigenvalue weighted by atomic mass is 10.2. The normalized spacial score (nSPS) is 22.2. The number of hydrogen-bond acceptors (Lipinski definition) is 4. The number of para-hydroxylation sites is 1. The molecule has 1 N–H and O–H groups in total. The summed E-state index contributed by atoms with van der Waals surface area (Å²) in [4.78, 5) is 2.22. The summed E-state index contributed by atoms with van der Waals surface area (Å²) in [5.74, 6) is 0.916. The number of benzene rings is 1. The first-order chi connectivity index (χ1) is 9.15. The smallest absolute Gasteiger partial charge is 0.122 e. The fourth-order valence-electron chi connectivity index (χ4n) is 2.32. The van der Waals surface area contributed by atoms with E-state index in [0.717, 1.165) is 24.4 Å². The third kappa shape index (κ3) is 4.49. The summed E-state index contributed by atoms with van der Waals surface area (Å²) in [6, 6.07) is 8.00. The zero-order valence-corrected chi connectivity index (χ0v) is 11.7. The standard InChI is InChI=1S/C15H23NO3/c1-12-5-3-4-6-15(12)19-11-14-10-16(7-8-18-14)9-13(2)17/h3-6,13-14,17H,7-11H2,1-2H3. The molecule has 1 aromatic carbocycles. The van der Waals surface area contributed by atoms with Crippen molar-refractivity contribution >= 4 is 0 Å². The van der Waals surface area contributed by atoms with Gasteiger partial charge in [0, 0.05) is 19.6 Å². The second-order valence-corrected chi connectivity index (χ2v) is 5.18. The number of aliphatic hydroxyl groups is 1. The minimum atomic E-state index is -0.295. The van der Waals surface area contributed by atoms with Crippen LogP contribution in [0, 0.1) is 6.92 Å². The Bertz CT molecular complexity index is 395. The van der Waals surface area contributed by atoms with E-state index in [1.165, 1.54) is 0 Å². The molecule has 4 heteroatoms. The number of β-amino-alcohol motifs (C(OH)–C–C–N with tert-alkyl or cyclic N) is 1. The highest BCUT2D eigenvalue weighted by Crippen LogP contribution is 2.17. The van der Waals surface area contributed by atoms with Crippen LogP contribution in [-0.4, -0.2) is 55.1 Å². The molecule has 2 rings (SSSR count). The molecule has 2 atom stereocenters. The first-order valence-electron chi connectivity index (χ1n) is 6.85. The highest BCUT2D eigenvalue weighted by atomic mass is 16.5. The van der Waals surface area contributed by atoms with E-state index in [1.54, 1.807) is 0 Å². The third-order valence-corrected chi connectivity index (χ3v) is 3.26. The van der Waals surface area contributed by atoms with Gasteiger partial charge in [-0.05, 0) is 25.5 Å². The maximum Gasteiger partial charge on any atom is 0.122 e. The molecule has 0 spiro atoms. The molecule has 1 heterocycles. The first kappa shape index (κ1) is 14.3. The van der Waals surface area contributed by atoms with Gasteiger partial charge in [0.25, 0.3) is 0 Å². The number of aryl methyl sites for hydroxylation is 1. The van der Waals surface area contributed by atoms with E-state index in [0.29, 0.717) is 19.8 Å². The van der Waals surface area contributed by atoms with Gasteiger partial charge in [-0.2, -0.15) is 0 Å². The van der Waals surface area contributed by atoms with Gasteiger partial charge in [-0.1, -0.05) is 18.2 Å². The van der Waals surface area contributed by atoms with Crippen molar-refractivity contribution in [2.24, 2.45) is 0 Å². The summed E-state index contributed by atoms with van der Waals surface area (Å²) in [6.45, 7) is 7.51. The van der Waals surface area contributed by atoms with E-state index in [4.69, 9.17) is 9.47 Å². The molecule has 1 saturated heterocycles. The van der Waals surface area contributed by atoms with Crippen LogP contribution in [0.15, 0.2) is 24.3 Å². The summed E-state index contributed by atoms with van der Waals surface area (Å²) in [5.41, 5.74) is 1.14. The molecule has 1 aliphatic heterocycles. The summed E-state index contributed by atoms with van der Waals surface area (Å²) >= 11 is 0. The molecular formula is C15H23NO3. The quantitative estimate of drug-likeness (QED) is 0.875. The van der Waals surface area contributed by atoms with Gasteiger partial charge in [0.05, 0.1) is 12.7 Å². The van der Waals surface area contributed by atoms with Crippen molar-refractivity contribution in [1.82, 2.24) is 4.90 Å². The molecule has 2 unspecified atom stereocenters. The Balaban J connectivity index is 1.81. The largest absolute Gasteiger partial charge is 0.491 e. The molecule has 1 aliphatic rings. The average molecular weight is 265 g/mol. The number of ether oxygens (including phenoxy) is 2. The molecule has 0 saturated carbocycles. The Kier molecular flexibility index (Phi) is 5.19. The highest BCUT2D eigenvalue weighted by molar-refractivity contribution is 5.31. The zero-order valence-electron chi connectivity index (χ0n) is 11.7. The van der Waals surface area contributed by atoms with E-state index in [1.807, 2.05) is 38.1 Å². The number of nitrogens with zero attached hydrogens (tertiary/aromatic N) is 1. The molecular weight excluding hydrogens is 242 g/mol. The van der Waals surface area contributed by atoms with Gasteiger partial charge in [0.1, 0.15) is 18.5 Å². The lowest BCUT2D eigenvalue weighted by molar-refractivity contribution is -0.0561. The second kappa shape index (κ2) is 6.89. The molecule has 0 bridgehead atoms. The maximum atomic E-state index is 9.42. The fraction of sp³-hybridized carbons (Fsp3) is 0.600. The topological polar surface area (TPSA) is 41.9 Å². The van der Waals surface area contributed by atoms with Crippen LogP contribution in [0.5, 0.6) is 5.75 Å². The summed E-state index contributed by atoms with van der Waals surface area (Å²) < 4.78 is 11.5. The minimum absolute atomic E-state index is 0.0760. The van der Waals surface area contributed by atoms with E-state index in [-0.39, 0.29) is 12.2 Å². The van der Waals surface area contributed by atoms with Gasteiger partial charge in [-0.3, -0.25) is 4.90 Å². The van der Waals surface area contributed by atoms with Crippen molar-refractivity contribution in [3.8, 4) is 5.75 Å². The van der Waals surface area contributed by atoms with Crippen molar-refractivity contribution in [3.63, 3.8) is 0 Å². The van der Waals surface area contributed by atoms with Gasteiger partial charge < -0.3 is 14.6 Å². The van der Waals surface area contributed by atoms with Crippen molar-refractivity contribution < 1.29 is 14.6 Å². The molecule has 1 fully saturated rings. The molecule has 0 radical (unpaired) electrons. The zero-order chi connectivity index (χ0) is 13.7. The van der Waals surface area contributed by atoms with Crippen LogP contribution < -0.4 is 4.74 Å². The predicted octanol–water partition coefficient (Wildman–Crippen LogP) is 1.46. The minimum Gasteiger partial charge on any atom is -0.491 e. The van der Waals surface area contributed by atoms with Crippen LogP contribution in [0.3, 0.4) is 0 Å². The SMILES string of the molecule is Cc1ccccc1OCC1CN(CC(C)O)CCO1. The van der Waals surface area contributed by atoms with Crippen LogP contribution in [0.2, 0.25) is 0 Å². The molecule has 4 nitrogen and oxygen atoms in total. The van der Waals surface area contributed by atoms with Crippen LogP contribution in [0.4, 0.5) is 0 Å². The molecule has 0 amide bonds. The number of hydrogen-bond donors (Lipinski definition) is 1. The number of rotatable bonds is 5. The van der Waals surface area contributed by atoms with Gasteiger partial charge in [0.15, 0.2) is 0 Å². The Morgan fingerprint density at radius 3 is 3.00 bits per heavy atom. The van der Waals surface area contributed by atoms with Gasteiger partial charge in [-0.25, -0.2) is 0 Å². The van der Waals surface area contributed by atoms with Gasteiger partial charge >= 0.3 is 0 Å². The predicted molar refractivity (Wildman–Crippen MR) is 74.5 cm³/mol. The van der Waals surface area contributed by atoms with Gasteiger partial charge in [0.2, 0.25) is 0 Å². The monoisotopic (exact) mass is 265 g/mol. The van der Waals surface area contributed by atoms with E-state index in [9.17, 15) is 5.11 Å². The van der Waals surface area contributed by atoms with E-state index in [2.05, 4.69) is 4.90 Å². The van der Waals surface area contributed by atoms with Crippen LogP contribution >= 0.6 is 0 Å². The fourth-order valence-corrected chi connectivity index (χ4v) is 2.32. The van der Waals surface area contributed by atoms with E-state index >= 15 is 0 Å². The Morgan fingerprint density at radius 2 is 2.26 bits per heavy atom. The summed E-state index contributed by atoms with van der Waals surface area (Å²) in [5, 5.41) is 9.42. The lowest BCUT2D eigenvalue weighted by Crippen LogP contribution is -2.47. The van der Waals surface area contributed by atoms with Crippen molar-refractivity contribution in [2.45, 2.75) is 26.1 Å². The molecule has 19 heavy (non-hydrogen) atoms. The van der Waals surface area contributed by atoms with Crippen LogP contribution in [0.1, 0.15) is 12.5 Å². The highest BCUT2D eigenvalue weighted by Gasteiger charge is 2.21. The molecule has 1 aromatic rings. The van der Waals surface area contributed by atoms with Crippen LogP contribution in [0.25, 0.3) is 0 Å². The van der Waals surface area contributed by atoms with Crippen molar-refractivity contribution in [3.05, 3.63) is 29.8 Å². The maximum absolute atomic E-state index is 9.42. The molecule has 0 aliphatic carbocycles. The Morgan fingerprint density at radius 1 is 1.47 bits per heavy atom. The second-order valence-electron chi connectivity index (χ2n) is 5.18.